The Morgan fingerprint density at radius 1 is 1.24 bits per heavy atom. The lowest BCUT2D eigenvalue weighted by Crippen LogP contribution is -2.38. The number of carbonyl (C=O) groups excluding carboxylic acids is 1. The molecule has 0 spiro atoms. The fourth-order valence-corrected chi connectivity index (χ4v) is 2.91. The molecule has 4 rings (SSSR count). The monoisotopic (exact) mass is 337 g/mol. The molecule has 2 aromatic heterocycles. The second-order valence-electron chi connectivity index (χ2n) is 5.84. The number of nitrogens with zero attached hydrogens (tertiary/aromatic N) is 6. The van der Waals surface area contributed by atoms with Crippen molar-refractivity contribution in [1.29, 1.82) is 0 Å². The summed E-state index contributed by atoms with van der Waals surface area (Å²) in [5, 5.41) is 11.0. The molecule has 0 aliphatic carbocycles. The van der Waals surface area contributed by atoms with E-state index in [4.69, 9.17) is 0 Å². The molecule has 1 aromatic carbocycles. The van der Waals surface area contributed by atoms with Crippen molar-refractivity contribution < 1.29 is 4.79 Å². The third kappa shape index (κ3) is 3.03. The maximum absolute atomic E-state index is 12.7. The number of aromatic nitrogens is 6. The topological polar surface area (TPSA) is 110 Å². The Bertz CT molecular complexity index is 947. The lowest BCUT2D eigenvalue weighted by atomic mass is 10.0. The molecule has 0 saturated carbocycles. The largest absolute Gasteiger partial charge is 0.332 e. The van der Waals surface area contributed by atoms with Crippen LogP contribution in [-0.4, -0.2) is 47.5 Å². The van der Waals surface area contributed by atoms with E-state index < -0.39 is 0 Å². The predicted molar refractivity (Wildman–Crippen MR) is 86.7 cm³/mol. The van der Waals surface area contributed by atoms with Gasteiger partial charge in [0, 0.05) is 17.7 Å². The third-order valence-corrected chi connectivity index (χ3v) is 4.23. The highest BCUT2D eigenvalue weighted by Crippen LogP contribution is 2.16. The molecule has 0 radical (unpaired) electrons. The van der Waals surface area contributed by atoms with Crippen molar-refractivity contribution in [2.75, 3.05) is 6.54 Å². The molecule has 9 heteroatoms. The molecular formula is C16H15N7O2. The molecular weight excluding hydrogens is 322 g/mol. The van der Waals surface area contributed by atoms with E-state index in [1.54, 1.807) is 28.0 Å². The Kier molecular flexibility index (Phi) is 3.81. The van der Waals surface area contributed by atoms with Gasteiger partial charge in [0.05, 0.1) is 25.1 Å². The van der Waals surface area contributed by atoms with E-state index in [1.165, 1.54) is 6.33 Å². The number of tetrazole rings is 1. The Morgan fingerprint density at radius 2 is 2.08 bits per heavy atom. The van der Waals surface area contributed by atoms with Gasteiger partial charge in [0.15, 0.2) is 0 Å². The highest BCUT2D eigenvalue weighted by molar-refractivity contribution is 5.94. The summed E-state index contributed by atoms with van der Waals surface area (Å²) < 4.78 is 1.61. The van der Waals surface area contributed by atoms with Crippen LogP contribution in [0, 0.1) is 0 Å². The van der Waals surface area contributed by atoms with Gasteiger partial charge in [0.1, 0.15) is 6.33 Å². The minimum atomic E-state index is -0.121. The van der Waals surface area contributed by atoms with Gasteiger partial charge in [0.2, 0.25) is 0 Å². The second-order valence-corrected chi connectivity index (χ2v) is 5.84. The van der Waals surface area contributed by atoms with E-state index in [2.05, 4.69) is 25.5 Å². The first-order chi connectivity index (χ1) is 12.2. The van der Waals surface area contributed by atoms with Gasteiger partial charge in [-0.05, 0) is 34.5 Å². The summed E-state index contributed by atoms with van der Waals surface area (Å²) in [7, 11) is 0. The average molecular weight is 337 g/mol. The Labute approximate surface area is 142 Å². The number of amides is 1. The fraction of sp³-hybridized carbons (Fsp3) is 0.250. The van der Waals surface area contributed by atoms with E-state index in [1.807, 2.05) is 12.1 Å². The van der Waals surface area contributed by atoms with Gasteiger partial charge in [-0.2, -0.15) is 0 Å². The zero-order chi connectivity index (χ0) is 17.2. The normalized spacial score (nSPS) is 13.5. The number of hydrogen-bond donors (Lipinski definition) is 1. The molecule has 1 aliphatic heterocycles. The summed E-state index contributed by atoms with van der Waals surface area (Å²) in [4.78, 5) is 32.9. The standard InChI is InChI=1S/C16H15N7O2/c24-15-13-5-6-22(8-14(13)17-9-18-15)16(25)12-3-1-11(2-4-12)7-23-10-19-20-21-23/h1-4,9-10H,5-8H2,(H,17,18,24). The number of nitrogens with one attached hydrogen (secondary N) is 1. The summed E-state index contributed by atoms with van der Waals surface area (Å²) in [6.07, 6.45) is 3.43. The molecule has 0 unspecified atom stereocenters. The van der Waals surface area contributed by atoms with Crippen molar-refractivity contribution >= 4 is 5.91 Å². The van der Waals surface area contributed by atoms with E-state index in [0.717, 1.165) is 5.56 Å². The van der Waals surface area contributed by atoms with Crippen molar-refractivity contribution in [3.63, 3.8) is 0 Å². The Hall–Kier alpha value is -3.36. The molecule has 3 heterocycles. The van der Waals surface area contributed by atoms with Gasteiger partial charge in [0.25, 0.3) is 11.5 Å². The Morgan fingerprint density at radius 3 is 2.84 bits per heavy atom. The molecule has 1 N–H and O–H groups in total. The zero-order valence-electron chi connectivity index (χ0n) is 13.3. The van der Waals surface area contributed by atoms with Gasteiger partial charge < -0.3 is 9.88 Å². The molecule has 0 bridgehead atoms. The maximum atomic E-state index is 12.7. The van der Waals surface area contributed by atoms with Crippen LogP contribution >= 0.6 is 0 Å². The summed E-state index contributed by atoms with van der Waals surface area (Å²) in [5.74, 6) is -0.0679. The molecule has 0 fully saturated rings. The number of carbonyl (C=O) groups is 1. The maximum Gasteiger partial charge on any atom is 0.254 e. The van der Waals surface area contributed by atoms with Gasteiger partial charge in [-0.15, -0.1) is 5.10 Å². The highest BCUT2D eigenvalue weighted by atomic mass is 16.2. The molecule has 3 aromatic rings. The van der Waals surface area contributed by atoms with E-state index >= 15 is 0 Å². The molecule has 1 amide bonds. The first-order valence-electron chi connectivity index (χ1n) is 7.85. The number of benzene rings is 1. The quantitative estimate of drug-likeness (QED) is 0.720. The lowest BCUT2D eigenvalue weighted by molar-refractivity contribution is 0.0731. The van der Waals surface area contributed by atoms with Crippen molar-refractivity contribution in [3.05, 3.63) is 69.7 Å². The fourth-order valence-electron chi connectivity index (χ4n) is 2.91. The molecule has 0 atom stereocenters. The Balaban J connectivity index is 1.49. The predicted octanol–water partition coefficient (Wildman–Crippen LogP) is 0.00320. The van der Waals surface area contributed by atoms with Gasteiger partial charge in [-0.25, -0.2) is 9.67 Å². The first-order valence-corrected chi connectivity index (χ1v) is 7.85. The van der Waals surface area contributed by atoms with Gasteiger partial charge >= 0.3 is 0 Å². The summed E-state index contributed by atoms with van der Waals surface area (Å²) in [6, 6.07) is 7.36. The first kappa shape index (κ1) is 15.2. The summed E-state index contributed by atoms with van der Waals surface area (Å²) >= 11 is 0. The van der Waals surface area contributed by atoms with Crippen molar-refractivity contribution in [1.82, 2.24) is 35.1 Å². The number of aromatic amines is 1. The average Bonchev–Trinajstić information content (AvgIpc) is 3.15. The minimum absolute atomic E-state index is 0.0679. The smallest absolute Gasteiger partial charge is 0.254 e. The van der Waals surface area contributed by atoms with E-state index in [0.29, 0.717) is 42.9 Å². The second kappa shape index (κ2) is 6.27. The van der Waals surface area contributed by atoms with Crippen molar-refractivity contribution in [3.8, 4) is 0 Å². The van der Waals surface area contributed by atoms with Crippen molar-refractivity contribution in [2.24, 2.45) is 0 Å². The van der Waals surface area contributed by atoms with Gasteiger partial charge in [-0.3, -0.25) is 9.59 Å². The lowest BCUT2D eigenvalue weighted by Gasteiger charge is -2.27. The van der Waals surface area contributed by atoms with Crippen LogP contribution in [0.3, 0.4) is 0 Å². The SMILES string of the molecule is O=C(c1ccc(Cn2cnnn2)cc1)N1CCc2c(nc[nH]c2=O)C1. The molecule has 126 valence electrons. The molecule has 0 saturated heterocycles. The van der Waals surface area contributed by atoms with Gasteiger partial charge in [-0.1, -0.05) is 12.1 Å². The number of rotatable bonds is 3. The number of fused-ring (bicyclic) bond motifs is 1. The third-order valence-electron chi connectivity index (χ3n) is 4.23. The van der Waals surface area contributed by atoms with Crippen LogP contribution < -0.4 is 5.56 Å². The number of hydrogen-bond acceptors (Lipinski definition) is 6. The number of H-pyrrole nitrogens is 1. The van der Waals surface area contributed by atoms with E-state index in [9.17, 15) is 9.59 Å². The van der Waals surface area contributed by atoms with Crippen molar-refractivity contribution in [2.45, 2.75) is 19.5 Å². The van der Waals surface area contributed by atoms with Crippen LogP contribution in [0.15, 0.2) is 41.7 Å². The minimum Gasteiger partial charge on any atom is -0.332 e. The molecule has 9 nitrogen and oxygen atoms in total. The van der Waals surface area contributed by atoms with Crippen LogP contribution in [0.2, 0.25) is 0 Å². The van der Waals surface area contributed by atoms with Crippen LogP contribution in [-0.2, 0) is 19.5 Å². The highest BCUT2D eigenvalue weighted by Gasteiger charge is 2.24. The van der Waals surface area contributed by atoms with E-state index in [-0.39, 0.29) is 11.5 Å². The zero-order valence-corrected chi connectivity index (χ0v) is 13.3. The van der Waals surface area contributed by atoms with Crippen LogP contribution in [0.5, 0.6) is 0 Å². The van der Waals surface area contributed by atoms with Crippen LogP contribution in [0.1, 0.15) is 27.2 Å². The molecule has 1 aliphatic rings. The molecule has 25 heavy (non-hydrogen) atoms. The van der Waals surface area contributed by atoms with Crippen LogP contribution in [0.25, 0.3) is 0 Å². The van der Waals surface area contributed by atoms with Crippen LogP contribution in [0.4, 0.5) is 0 Å². The summed E-state index contributed by atoms with van der Waals surface area (Å²) in [5.41, 5.74) is 2.82. The summed E-state index contributed by atoms with van der Waals surface area (Å²) in [6.45, 7) is 1.41.